The molecule has 2 fully saturated rings. The lowest BCUT2D eigenvalue weighted by atomic mass is 9.74. The Balaban J connectivity index is 1.52. The maximum atomic E-state index is 12.7. The third-order valence-electron chi connectivity index (χ3n) is 5.74. The summed E-state index contributed by atoms with van der Waals surface area (Å²) in [6.07, 6.45) is 2.36. The third-order valence-corrected chi connectivity index (χ3v) is 5.74. The van der Waals surface area contributed by atoms with Gasteiger partial charge in [0.15, 0.2) is 0 Å². The van der Waals surface area contributed by atoms with E-state index in [1.54, 1.807) is 4.90 Å². The average Bonchev–Trinajstić information content (AvgIpc) is 3.00. The number of rotatable bonds is 5. The van der Waals surface area contributed by atoms with Gasteiger partial charge >= 0.3 is 5.97 Å². The predicted octanol–water partition coefficient (Wildman–Crippen LogP) is 2.71. The van der Waals surface area contributed by atoms with Crippen LogP contribution in [0.4, 0.5) is 5.69 Å². The predicted molar refractivity (Wildman–Crippen MR) is 101 cm³/mol. The van der Waals surface area contributed by atoms with Gasteiger partial charge < -0.3 is 15.3 Å². The van der Waals surface area contributed by atoms with Crippen molar-refractivity contribution in [3.05, 3.63) is 42.5 Å². The molecule has 1 unspecified atom stereocenters. The Labute approximate surface area is 157 Å². The molecule has 0 aromatic heterocycles. The monoisotopic (exact) mass is 366 g/mol. The number of benzene rings is 2. The maximum absolute atomic E-state index is 12.7. The molecule has 1 heterocycles. The van der Waals surface area contributed by atoms with Gasteiger partial charge in [0.1, 0.15) is 0 Å². The lowest BCUT2D eigenvalue weighted by Gasteiger charge is -2.42. The molecule has 2 aliphatic rings. The Morgan fingerprint density at radius 1 is 1.15 bits per heavy atom. The molecule has 0 spiro atoms. The van der Waals surface area contributed by atoms with Gasteiger partial charge in [0.2, 0.25) is 11.8 Å². The van der Waals surface area contributed by atoms with Crippen molar-refractivity contribution in [3.8, 4) is 0 Å². The zero-order valence-electron chi connectivity index (χ0n) is 15.0. The molecule has 2 aromatic carbocycles. The first-order chi connectivity index (χ1) is 13.0. The fourth-order valence-electron chi connectivity index (χ4n) is 4.16. The SMILES string of the molecule is O=C(O)CC1(NC(=O)C2CC(=O)N(c3cccc4ccccc34)C2)CCC1. The highest BCUT2D eigenvalue weighted by Gasteiger charge is 2.43. The lowest BCUT2D eigenvalue weighted by molar-refractivity contribution is -0.141. The van der Waals surface area contributed by atoms with Gasteiger partial charge in [0.25, 0.3) is 0 Å². The second-order valence-electron chi connectivity index (χ2n) is 7.60. The highest BCUT2D eigenvalue weighted by atomic mass is 16.4. The van der Waals surface area contributed by atoms with Crippen molar-refractivity contribution < 1.29 is 19.5 Å². The number of carboxylic acid groups (broad SMARTS) is 1. The summed E-state index contributed by atoms with van der Waals surface area (Å²) in [4.78, 5) is 38.1. The largest absolute Gasteiger partial charge is 0.481 e. The maximum Gasteiger partial charge on any atom is 0.305 e. The second-order valence-corrected chi connectivity index (χ2v) is 7.60. The van der Waals surface area contributed by atoms with E-state index in [1.165, 1.54) is 0 Å². The van der Waals surface area contributed by atoms with E-state index in [-0.39, 0.29) is 24.7 Å². The molecule has 2 aromatic rings. The molecule has 1 saturated carbocycles. The number of amides is 2. The third kappa shape index (κ3) is 3.27. The van der Waals surface area contributed by atoms with Gasteiger partial charge in [-0.25, -0.2) is 0 Å². The van der Waals surface area contributed by atoms with Gasteiger partial charge in [-0.15, -0.1) is 0 Å². The zero-order valence-corrected chi connectivity index (χ0v) is 15.0. The summed E-state index contributed by atoms with van der Waals surface area (Å²) < 4.78 is 0. The van der Waals surface area contributed by atoms with Gasteiger partial charge in [-0.1, -0.05) is 36.4 Å². The fraction of sp³-hybridized carbons (Fsp3) is 0.381. The summed E-state index contributed by atoms with van der Waals surface area (Å²) in [5, 5.41) is 14.1. The number of nitrogens with zero attached hydrogens (tertiary/aromatic N) is 1. The lowest BCUT2D eigenvalue weighted by Crippen LogP contribution is -2.56. The quantitative estimate of drug-likeness (QED) is 0.852. The van der Waals surface area contributed by atoms with Gasteiger partial charge in [0, 0.05) is 18.4 Å². The van der Waals surface area contributed by atoms with Gasteiger partial charge in [0.05, 0.1) is 23.6 Å². The minimum Gasteiger partial charge on any atom is -0.481 e. The molecule has 1 atom stereocenters. The van der Waals surface area contributed by atoms with E-state index >= 15 is 0 Å². The molecule has 2 N–H and O–H groups in total. The van der Waals surface area contributed by atoms with Crippen LogP contribution in [0.25, 0.3) is 10.8 Å². The van der Waals surface area contributed by atoms with Crippen LogP contribution in [0.3, 0.4) is 0 Å². The van der Waals surface area contributed by atoms with E-state index in [1.807, 2.05) is 42.5 Å². The Morgan fingerprint density at radius 2 is 1.89 bits per heavy atom. The van der Waals surface area contributed by atoms with Crippen LogP contribution in [0.15, 0.2) is 42.5 Å². The first kappa shape index (κ1) is 17.5. The summed E-state index contributed by atoms with van der Waals surface area (Å²) in [6, 6.07) is 13.7. The Bertz CT molecular complexity index is 914. The van der Waals surface area contributed by atoms with Crippen LogP contribution in [0, 0.1) is 5.92 Å². The number of anilines is 1. The molecule has 1 aliphatic heterocycles. The van der Waals surface area contributed by atoms with E-state index in [2.05, 4.69) is 5.32 Å². The first-order valence-electron chi connectivity index (χ1n) is 9.29. The number of carbonyl (C=O) groups excluding carboxylic acids is 2. The smallest absolute Gasteiger partial charge is 0.305 e. The summed E-state index contributed by atoms with van der Waals surface area (Å²) in [7, 11) is 0. The van der Waals surface area contributed by atoms with Gasteiger partial charge in [-0.2, -0.15) is 0 Å². The number of hydrogen-bond donors (Lipinski definition) is 2. The van der Waals surface area contributed by atoms with Crippen molar-refractivity contribution in [2.24, 2.45) is 5.92 Å². The van der Waals surface area contributed by atoms with Gasteiger partial charge in [-0.05, 0) is 30.7 Å². The molecule has 1 saturated heterocycles. The average molecular weight is 366 g/mol. The van der Waals surface area contributed by atoms with Crippen LogP contribution in [0.5, 0.6) is 0 Å². The number of hydrogen-bond acceptors (Lipinski definition) is 3. The highest BCUT2D eigenvalue weighted by molar-refractivity contribution is 6.07. The van der Waals surface area contributed by atoms with E-state index in [9.17, 15) is 14.4 Å². The zero-order chi connectivity index (χ0) is 19.0. The number of fused-ring (bicyclic) bond motifs is 1. The van der Waals surface area contributed by atoms with Crippen LogP contribution >= 0.6 is 0 Å². The molecule has 6 nitrogen and oxygen atoms in total. The minimum atomic E-state index is -0.908. The van der Waals surface area contributed by atoms with Crippen molar-refractivity contribution in [2.45, 2.75) is 37.6 Å². The first-order valence-corrected chi connectivity index (χ1v) is 9.29. The van der Waals surface area contributed by atoms with E-state index in [0.717, 1.165) is 22.9 Å². The number of nitrogens with one attached hydrogen (secondary N) is 1. The fourth-order valence-corrected chi connectivity index (χ4v) is 4.16. The summed E-state index contributed by atoms with van der Waals surface area (Å²) in [6.45, 7) is 0.321. The van der Waals surface area contributed by atoms with Crippen molar-refractivity contribution in [1.82, 2.24) is 5.32 Å². The van der Waals surface area contributed by atoms with Crippen LogP contribution in [0.1, 0.15) is 32.1 Å². The molecule has 4 rings (SSSR count). The molecular weight excluding hydrogens is 344 g/mol. The van der Waals surface area contributed by atoms with E-state index in [0.29, 0.717) is 19.4 Å². The Morgan fingerprint density at radius 3 is 2.59 bits per heavy atom. The molecule has 6 heteroatoms. The molecular formula is C21H22N2O4. The molecule has 140 valence electrons. The Hall–Kier alpha value is -2.89. The van der Waals surface area contributed by atoms with Crippen LogP contribution < -0.4 is 10.2 Å². The molecule has 0 bridgehead atoms. The van der Waals surface area contributed by atoms with E-state index < -0.39 is 17.4 Å². The molecule has 27 heavy (non-hydrogen) atoms. The summed E-state index contributed by atoms with van der Waals surface area (Å²) in [5.41, 5.74) is 0.177. The topological polar surface area (TPSA) is 86.7 Å². The van der Waals surface area contributed by atoms with Crippen molar-refractivity contribution in [1.29, 1.82) is 0 Å². The van der Waals surface area contributed by atoms with Crippen LogP contribution in [0.2, 0.25) is 0 Å². The molecule has 2 amide bonds. The van der Waals surface area contributed by atoms with Crippen LogP contribution in [-0.4, -0.2) is 35.0 Å². The number of aliphatic carboxylic acids is 1. The minimum absolute atomic E-state index is 0.0631. The van der Waals surface area contributed by atoms with Crippen molar-refractivity contribution >= 4 is 34.2 Å². The summed E-state index contributed by atoms with van der Waals surface area (Å²) in [5.74, 6) is -1.66. The number of carbonyl (C=O) groups is 3. The molecule has 1 aliphatic carbocycles. The standard InChI is InChI=1S/C21H22N2O4/c24-18-11-15(20(27)22-21(9-4-10-21)12-19(25)26)13-23(18)17-8-3-6-14-5-1-2-7-16(14)17/h1-3,5-8,15H,4,9-13H2,(H,22,27)(H,25,26). The van der Waals surface area contributed by atoms with Crippen molar-refractivity contribution in [2.75, 3.05) is 11.4 Å². The van der Waals surface area contributed by atoms with E-state index in [4.69, 9.17) is 5.11 Å². The number of carboxylic acids is 1. The summed E-state index contributed by atoms with van der Waals surface area (Å²) >= 11 is 0. The molecule has 0 radical (unpaired) electrons. The van der Waals surface area contributed by atoms with Crippen LogP contribution in [-0.2, 0) is 14.4 Å². The van der Waals surface area contributed by atoms with Gasteiger partial charge in [-0.3, -0.25) is 14.4 Å². The normalized spacial score (nSPS) is 21.1. The Kier molecular flexibility index (Phi) is 4.34. The second kappa shape index (κ2) is 6.68. The van der Waals surface area contributed by atoms with Crippen molar-refractivity contribution in [3.63, 3.8) is 0 Å². The highest BCUT2D eigenvalue weighted by Crippen LogP contribution is 2.36.